The topological polar surface area (TPSA) is 61.8 Å². The molecule has 0 amide bonds. The van der Waals surface area contributed by atoms with Crippen LogP contribution < -0.4 is 11.2 Å². The van der Waals surface area contributed by atoms with Gasteiger partial charge in [0, 0.05) is 20.1 Å². The zero-order chi connectivity index (χ0) is 18.8. The molecule has 7 heteroatoms. The summed E-state index contributed by atoms with van der Waals surface area (Å²) in [4.78, 5) is 29.9. The number of hydrogen-bond donors (Lipinski definition) is 0. The van der Waals surface area contributed by atoms with Crippen molar-refractivity contribution in [2.24, 2.45) is 7.05 Å². The van der Waals surface area contributed by atoms with Crippen molar-refractivity contribution >= 4 is 22.8 Å². The fraction of sp³-hybridized carbons (Fsp3) is 0.316. The zero-order valence-electron chi connectivity index (χ0n) is 15.1. The molecule has 0 saturated heterocycles. The molecule has 0 aliphatic heterocycles. The van der Waals surface area contributed by atoms with Crippen LogP contribution in [0.25, 0.3) is 11.2 Å². The minimum absolute atomic E-state index is 0.199. The number of fused-ring (bicyclic) bond motifs is 1. The van der Waals surface area contributed by atoms with Crippen molar-refractivity contribution in [1.29, 1.82) is 0 Å². The molecular formula is C19H21ClN4O2. The predicted molar refractivity (Wildman–Crippen MR) is 104 cm³/mol. The maximum atomic E-state index is 13.0. The first-order valence-corrected chi connectivity index (χ1v) is 8.80. The standard InChI is InChI=1S/C19H21ClN4O2/c1-13(2)9-11-23-15-16(21-18(23)20)22(3)19(26)24(17(15)25)12-10-14-7-5-4-6-8-14/h4-9H,10-12H2,1-3H3. The van der Waals surface area contributed by atoms with Gasteiger partial charge in [-0.25, -0.2) is 4.79 Å². The number of aryl methyl sites for hydroxylation is 2. The van der Waals surface area contributed by atoms with Gasteiger partial charge in [0.15, 0.2) is 11.2 Å². The molecule has 3 rings (SSSR count). The molecular weight excluding hydrogens is 352 g/mol. The van der Waals surface area contributed by atoms with Crippen LogP contribution in [0.15, 0.2) is 51.6 Å². The Bertz CT molecular complexity index is 1090. The molecule has 26 heavy (non-hydrogen) atoms. The highest BCUT2D eigenvalue weighted by atomic mass is 35.5. The molecule has 6 nitrogen and oxygen atoms in total. The van der Waals surface area contributed by atoms with E-state index in [1.54, 1.807) is 11.6 Å². The Balaban J connectivity index is 2.12. The van der Waals surface area contributed by atoms with Gasteiger partial charge in [-0.1, -0.05) is 42.0 Å². The molecule has 0 N–H and O–H groups in total. The third kappa shape index (κ3) is 3.37. The van der Waals surface area contributed by atoms with E-state index >= 15 is 0 Å². The maximum absolute atomic E-state index is 13.0. The molecule has 0 aliphatic carbocycles. The summed E-state index contributed by atoms with van der Waals surface area (Å²) in [5.74, 6) is 0. The second-order valence-corrected chi connectivity index (χ2v) is 6.82. The van der Waals surface area contributed by atoms with Crippen molar-refractivity contribution in [3.63, 3.8) is 0 Å². The second-order valence-electron chi connectivity index (χ2n) is 6.48. The van der Waals surface area contributed by atoms with E-state index in [0.29, 0.717) is 30.7 Å². The van der Waals surface area contributed by atoms with Crippen LogP contribution in [0.1, 0.15) is 19.4 Å². The third-order valence-corrected chi connectivity index (χ3v) is 4.62. The molecule has 0 spiro atoms. The molecule has 2 heterocycles. The number of nitrogens with zero attached hydrogens (tertiary/aromatic N) is 4. The number of hydrogen-bond acceptors (Lipinski definition) is 3. The van der Waals surface area contributed by atoms with Gasteiger partial charge in [-0.3, -0.25) is 13.9 Å². The van der Waals surface area contributed by atoms with Crippen LogP contribution in [0.3, 0.4) is 0 Å². The summed E-state index contributed by atoms with van der Waals surface area (Å²) in [5.41, 5.74) is 2.09. The van der Waals surface area contributed by atoms with E-state index in [9.17, 15) is 9.59 Å². The molecule has 0 unspecified atom stereocenters. The summed E-state index contributed by atoms with van der Waals surface area (Å²) in [6.07, 6.45) is 2.56. The summed E-state index contributed by atoms with van der Waals surface area (Å²) < 4.78 is 4.28. The van der Waals surface area contributed by atoms with Crippen LogP contribution in [0.2, 0.25) is 5.28 Å². The Morgan fingerprint density at radius 2 is 1.85 bits per heavy atom. The third-order valence-electron chi connectivity index (χ3n) is 4.33. The molecule has 1 aromatic carbocycles. The number of allylic oxidation sites excluding steroid dienone is 2. The van der Waals surface area contributed by atoms with Crippen LogP contribution in [-0.4, -0.2) is 18.7 Å². The Morgan fingerprint density at radius 1 is 1.15 bits per heavy atom. The minimum atomic E-state index is -0.387. The predicted octanol–water partition coefficient (Wildman–Crippen LogP) is 2.76. The number of halogens is 1. The van der Waals surface area contributed by atoms with Crippen molar-refractivity contribution < 1.29 is 0 Å². The fourth-order valence-electron chi connectivity index (χ4n) is 2.87. The fourth-order valence-corrected chi connectivity index (χ4v) is 3.10. The first-order chi connectivity index (χ1) is 12.4. The maximum Gasteiger partial charge on any atom is 0.332 e. The lowest BCUT2D eigenvalue weighted by molar-refractivity contribution is 0.600. The van der Waals surface area contributed by atoms with Crippen molar-refractivity contribution in [2.75, 3.05) is 0 Å². The average molecular weight is 373 g/mol. The number of aromatic nitrogens is 4. The Morgan fingerprint density at radius 3 is 2.50 bits per heavy atom. The van der Waals surface area contributed by atoms with Crippen molar-refractivity contribution in [3.8, 4) is 0 Å². The van der Waals surface area contributed by atoms with Crippen LogP contribution >= 0.6 is 11.6 Å². The SMILES string of the molecule is CC(C)=CCn1c(Cl)nc2c1c(=O)n(CCc1ccccc1)c(=O)n2C. The highest BCUT2D eigenvalue weighted by Crippen LogP contribution is 2.16. The van der Waals surface area contributed by atoms with Gasteiger partial charge in [0.2, 0.25) is 5.28 Å². The van der Waals surface area contributed by atoms with Gasteiger partial charge in [-0.05, 0) is 37.4 Å². The highest BCUT2D eigenvalue weighted by molar-refractivity contribution is 6.29. The van der Waals surface area contributed by atoms with Gasteiger partial charge in [0.05, 0.1) is 0 Å². The van der Waals surface area contributed by atoms with E-state index in [4.69, 9.17) is 11.6 Å². The van der Waals surface area contributed by atoms with Gasteiger partial charge < -0.3 is 4.57 Å². The monoisotopic (exact) mass is 372 g/mol. The molecule has 0 aliphatic rings. The van der Waals surface area contributed by atoms with Gasteiger partial charge in [-0.2, -0.15) is 4.98 Å². The van der Waals surface area contributed by atoms with Gasteiger partial charge in [0.25, 0.3) is 5.56 Å². The molecule has 0 saturated carbocycles. The summed E-state index contributed by atoms with van der Waals surface area (Å²) in [5, 5.41) is 0.199. The molecule has 0 fully saturated rings. The summed E-state index contributed by atoms with van der Waals surface area (Å²) in [6.45, 7) is 4.68. The molecule has 136 valence electrons. The van der Waals surface area contributed by atoms with Crippen molar-refractivity contribution in [3.05, 3.63) is 73.7 Å². The van der Waals surface area contributed by atoms with Crippen molar-refractivity contribution in [1.82, 2.24) is 18.7 Å². The lowest BCUT2D eigenvalue weighted by Gasteiger charge is -2.09. The van der Waals surface area contributed by atoms with E-state index in [0.717, 1.165) is 11.1 Å². The van der Waals surface area contributed by atoms with E-state index < -0.39 is 0 Å². The smallest absolute Gasteiger partial charge is 0.305 e. The van der Waals surface area contributed by atoms with E-state index in [1.807, 2.05) is 50.3 Å². The molecule has 0 atom stereocenters. The number of benzene rings is 1. The summed E-state index contributed by atoms with van der Waals surface area (Å²) in [6, 6.07) is 9.76. The van der Waals surface area contributed by atoms with Crippen LogP contribution in [0, 0.1) is 0 Å². The Labute approximate surface area is 156 Å². The zero-order valence-corrected chi connectivity index (χ0v) is 15.8. The first kappa shape index (κ1) is 18.2. The number of rotatable bonds is 5. The average Bonchev–Trinajstić information content (AvgIpc) is 2.95. The van der Waals surface area contributed by atoms with Gasteiger partial charge >= 0.3 is 5.69 Å². The Kier molecular flexibility index (Phi) is 5.13. The summed E-state index contributed by atoms with van der Waals surface area (Å²) in [7, 11) is 1.61. The van der Waals surface area contributed by atoms with Crippen LogP contribution in [-0.2, 0) is 26.6 Å². The first-order valence-electron chi connectivity index (χ1n) is 8.43. The van der Waals surface area contributed by atoms with Gasteiger partial charge in [0.1, 0.15) is 0 Å². The molecule has 0 bridgehead atoms. The highest BCUT2D eigenvalue weighted by Gasteiger charge is 2.18. The quantitative estimate of drug-likeness (QED) is 0.511. The van der Waals surface area contributed by atoms with E-state index in [2.05, 4.69) is 4.98 Å². The minimum Gasteiger partial charge on any atom is -0.305 e. The number of imidazole rings is 1. The lowest BCUT2D eigenvalue weighted by atomic mass is 10.1. The van der Waals surface area contributed by atoms with E-state index in [-0.39, 0.29) is 16.5 Å². The summed E-state index contributed by atoms with van der Waals surface area (Å²) >= 11 is 6.23. The van der Waals surface area contributed by atoms with E-state index in [1.165, 1.54) is 9.13 Å². The molecule has 3 aromatic rings. The molecule has 0 radical (unpaired) electrons. The van der Waals surface area contributed by atoms with Crippen molar-refractivity contribution in [2.45, 2.75) is 33.4 Å². The Hall–Kier alpha value is -2.60. The molecule has 2 aromatic heterocycles. The lowest BCUT2D eigenvalue weighted by Crippen LogP contribution is -2.40. The van der Waals surface area contributed by atoms with Crippen LogP contribution in [0.4, 0.5) is 0 Å². The second kappa shape index (κ2) is 7.33. The largest absolute Gasteiger partial charge is 0.332 e. The van der Waals surface area contributed by atoms with Gasteiger partial charge in [-0.15, -0.1) is 0 Å². The normalized spacial score (nSPS) is 11.1. The van der Waals surface area contributed by atoms with Crippen LogP contribution in [0.5, 0.6) is 0 Å².